The third-order valence-electron chi connectivity index (χ3n) is 4.79. The van der Waals surface area contributed by atoms with E-state index in [0.717, 1.165) is 23.3 Å². The lowest BCUT2D eigenvalue weighted by atomic mass is 10.0. The molecule has 0 amide bonds. The van der Waals surface area contributed by atoms with Gasteiger partial charge in [-0.25, -0.2) is 0 Å². The fourth-order valence-corrected chi connectivity index (χ4v) is 3.06. The van der Waals surface area contributed by atoms with Gasteiger partial charge < -0.3 is 15.2 Å². The lowest BCUT2D eigenvalue weighted by Gasteiger charge is -2.18. The molecule has 3 rings (SSSR count). The summed E-state index contributed by atoms with van der Waals surface area (Å²) in [4.78, 5) is 0. The molecule has 4 heteroatoms. The smallest absolute Gasteiger partial charge is 0.124 e. The fourth-order valence-electron chi connectivity index (χ4n) is 3.06. The van der Waals surface area contributed by atoms with Crippen LogP contribution in [-0.2, 0) is 13.2 Å². The predicted octanol–water partition coefficient (Wildman–Crippen LogP) is 5.01. The molecule has 0 aliphatic heterocycles. The molecule has 0 fully saturated rings. The van der Waals surface area contributed by atoms with Crippen molar-refractivity contribution in [2.24, 2.45) is 0 Å². The molecule has 27 heavy (non-hydrogen) atoms. The number of halogens is 1. The van der Waals surface area contributed by atoms with E-state index in [1.54, 1.807) is 0 Å². The van der Waals surface area contributed by atoms with Crippen molar-refractivity contribution in [1.82, 2.24) is 5.32 Å². The van der Waals surface area contributed by atoms with E-state index in [0.29, 0.717) is 13.2 Å². The number of hydrogen-bond donors (Lipinski definition) is 2. The third kappa shape index (κ3) is 5.46. The summed E-state index contributed by atoms with van der Waals surface area (Å²) in [5, 5.41) is 15.3. The van der Waals surface area contributed by atoms with Gasteiger partial charge in [0.25, 0.3) is 0 Å². The maximum atomic E-state index is 9.47. The molecule has 0 aromatic heterocycles. The van der Waals surface area contributed by atoms with Gasteiger partial charge in [0.05, 0.1) is 6.61 Å². The molecule has 3 nitrogen and oxygen atoms in total. The average Bonchev–Trinajstić information content (AvgIpc) is 2.68. The Hall–Kier alpha value is -2.07. The van der Waals surface area contributed by atoms with Gasteiger partial charge in [0.1, 0.15) is 12.4 Å². The van der Waals surface area contributed by atoms with Crippen molar-refractivity contribution in [3.05, 3.63) is 77.4 Å². The van der Waals surface area contributed by atoms with Crippen LogP contribution in [-0.4, -0.2) is 17.8 Å². The highest BCUT2D eigenvalue weighted by molar-refractivity contribution is 5.87. The Balaban J connectivity index is 0.00000261. The minimum atomic E-state index is 0. The number of aliphatic hydroxyl groups excluding tert-OH is 1. The van der Waals surface area contributed by atoms with E-state index in [-0.39, 0.29) is 25.1 Å². The molecule has 0 radical (unpaired) electrons. The Morgan fingerprint density at radius 3 is 2.44 bits per heavy atom. The minimum absolute atomic E-state index is 0. The van der Waals surface area contributed by atoms with Crippen molar-refractivity contribution in [2.45, 2.75) is 39.5 Å². The van der Waals surface area contributed by atoms with Gasteiger partial charge in [-0.05, 0) is 35.7 Å². The summed E-state index contributed by atoms with van der Waals surface area (Å²) in [5.41, 5.74) is 3.55. The molecule has 0 saturated carbocycles. The first kappa shape index (κ1) is 21.2. The van der Waals surface area contributed by atoms with Crippen LogP contribution < -0.4 is 10.1 Å². The van der Waals surface area contributed by atoms with Crippen LogP contribution in [0.5, 0.6) is 5.75 Å². The van der Waals surface area contributed by atoms with Gasteiger partial charge in [0.15, 0.2) is 0 Å². The molecule has 3 aromatic carbocycles. The van der Waals surface area contributed by atoms with Crippen molar-refractivity contribution in [3.8, 4) is 5.75 Å². The van der Waals surface area contributed by atoms with Crippen LogP contribution in [0, 0.1) is 6.92 Å². The lowest BCUT2D eigenvalue weighted by Crippen LogP contribution is -2.31. The van der Waals surface area contributed by atoms with E-state index in [1.165, 1.54) is 16.3 Å². The molecule has 0 spiro atoms. The van der Waals surface area contributed by atoms with Crippen LogP contribution in [0.4, 0.5) is 0 Å². The average molecular weight is 386 g/mol. The highest BCUT2D eigenvalue weighted by Gasteiger charge is 2.11. The van der Waals surface area contributed by atoms with E-state index in [2.05, 4.69) is 73.8 Å². The number of fused-ring (bicyclic) bond motifs is 1. The zero-order valence-corrected chi connectivity index (χ0v) is 16.8. The molecule has 0 aliphatic carbocycles. The molecular formula is C23H28ClNO2. The molecule has 2 N–H and O–H groups in total. The molecule has 0 bridgehead atoms. The summed E-state index contributed by atoms with van der Waals surface area (Å²) in [5.74, 6) is 0.893. The summed E-state index contributed by atoms with van der Waals surface area (Å²) >= 11 is 0. The van der Waals surface area contributed by atoms with Gasteiger partial charge in [-0.2, -0.15) is 0 Å². The Bertz CT molecular complexity index is 845. The maximum absolute atomic E-state index is 9.47. The van der Waals surface area contributed by atoms with Crippen LogP contribution in [0.2, 0.25) is 0 Å². The number of hydrogen-bond acceptors (Lipinski definition) is 3. The van der Waals surface area contributed by atoms with Gasteiger partial charge in [-0.15, -0.1) is 12.4 Å². The zero-order valence-electron chi connectivity index (χ0n) is 15.9. The van der Waals surface area contributed by atoms with Crippen LogP contribution in [0.25, 0.3) is 10.8 Å². The lowest BCUT2D eigenvalue weighted by molar-refractivity contribution is 0.237. The van der Waals surface area contributed by atoms with Crippen LogP contribution in [0.1, 0.15) is 30.0 Å². The zero-order chi connectivity index (χ0) is 18.4. The first-order chi connectivity index (χ1) is 12.7. The number of benzene rings is 3. The second-order valence-electron chi connectivity index (χ2n) is 6.71. The first-order valence-electron chi connectivity index (χ1n) is 9.24. The summed E-state index contributed by atoms with van der Waals surface area (Å²) in [7, 11) is 0. The Labute approximate surface area is 167 Å². The summed E-state index contributed by atoms with van der Waals surface area (Å²) in [6.45, 7) is 5.52. The van der Waals surface area contributed by atoms with Gasteiger partial charge in [0, 0.05) is 18.2 Å². The van der Waals surface area contributed by atoms with Gasteiger partial charge in [-0.3, -0.25) is 0 Å². The van der Waals surface area contributed by atoms with Crippen molar-refractivity contribution in [2.75, 3.05) is 6.61 Å². The van der Waals surface area contributed by atoms with Crippen molar-refractivity contribution in [1.29, 1.82) is 0 Å². The Morgan fingerprint density at radius 2 is 1.74 bits per heavy atom. The molecule has 1 unspecified atom stereocenters. The molecular weight excluding hydrogens is 358 g/mol. The van der Waals surface area contributed by atoms with Crippen LogP contribution in [0.15, 0.2) is 60.7 Å². The van der Waals surface area contributed by atoms with E-state index >= 15 is 0 Å². The molecule has 144 valence electrons. The summed E-state index contributed by atoms with van der Waals surface area (Å²) in [6, 6.07) is 21.0. The number of nitrogens with one attached hydrogen (secondary N) is 1. The van der Waals surface area contributed by atoms with Crippen molar-refractivity contribution in [3.63, 3.8) is 0 Å². The highest BCUT2D eigenvalue weighted by Crippen LogP contribution is 2.29. The number of aryl methyl sites for hydroxylation is 1. The Morgan fingerprint density at radius 1 is 1.00 bits per heavy atom. The first-order valence-corrected chi connectivity index (χ1v) is 9.24. The molecule has 0 heterocycles. The van der Waals surface area contributed by atoms with Crippen molar-refractivity contribution >= 4 is 23.2 Å². The number of aliphatic hydroxyl groups is 1. The van der Waals surface area contributed by atoms with E-state index in [9.17, 15) is 5.11 Å². The maximum Gasteiger partial charge on any atom is 0.124 e. The minimum Gasteiger partial charge on any atom is -0.489 e. The summed E-state index contributed by atoms with van der Waals surface area (Å²) in [6.07, 6.45) is 0.890. The number of rotatable bonds is 8. The second-order valence-corrected chi connectivity index (χ2v) is 6.71. The number of ether oxygens (including phenoxy) is 1. The standard InChI is InChI=1S/C23H27NO2.ClH/c1-3-20(15-25)24-14-22-21-7-5-4-6-19(21)12-13-23(22)26-16-18-10-8-17(2)9-11-18;/h4-13,20,24-25H,3,14-16H2,1-2H3;1H. The van der Waals surface area contributed by atoms with Crippen LogP contribution in [0.3, 0.4) is 0 Å². The van der Waals surface area contributed by atoms with Gasteiger partial charge in [-0.1, -0.05) is 67.1 Å². The predicted molar refractivity (Wildman–Crippen MR) is 115 cm³/mol. The monoisotopic (exact) mass is 385 g/mol. The van der Waals surface area contributed by atoms with Crippen molar-refractivity contribution < 1.29 is 9.84 Å². The highest BCUT2D eigenvalue weighted by atomic mass is 35.5. The normalized spacial score (nSPS) is 11.8. The topological polar surface area (TPSA) is 41.5 Å². The van der Waals surface area contributed by atoms with Crippen LogP contribution >= 0.6 is 12.4 Å². The van der Waals surface area contributed by atoms with Gasteiger partial charge >= 0.3 is 0 Å². The second kappa shape index (κ2) is 10.3. The third-order valence-corrected chi connectivity index (χ3v) is 4.79. The van der Waals surface area contributed by atoms with Gasteiger partial charge in [0.2, 0.25) is 0 Å². The van der Waals surface area contributed by atoms with E-state index < -0.39 is 0 Å². The largest absolute Gasteiger partial charge is 0.489 e. The fraction of sp³-hybridized carbons (Fsp3) is 0.304. The molecule has 1 atom stereocenters. The quantitative estimate of drug-likeness (QED) is 0.572. The molecule has 3 aromatic rings. The van der Waals surface area contributed by atoms with E-state index in [1.807, 2.05) is 6.07 Å². The van der Waals surface area contributed by atoms with E-state index in [4.69, 9.17) is 4.74 Å². The molecule has 0 aliphatic rings. The molecule has 0 saturated heterocycles. The summed E-state index contributed by atoms with van der Waals surface area (Å²) < 4.78 is 6.17. The Kier molecular flexibility index (Phi) is 8.11. The SMILES string of the molecule is CCC(CO)NCc1c(OCc2ccc(C)cc2)ccc2ccccc12.Cl.